The number of amides is 2. The molecule has 0 radical (unpaired) electrons. The van der Waals surface area contributed by atoms with Crippen LogP contribution in [-0.2, 0) is 26.2 Å². The van der Waals surface area contributed by atoms with Crippen molar-refractivity contribution in [2.24, 2.45) is 0 Å². The first-order valence-corrected chi connectivity index (χ1v) is 13.3. The third-order valence-corrected chi connectivity index (χ3v) is 6.70. The summed E-state index contributed by atoms with van der Waals surface area (Å²) < 4.78 is 37.0. The lowest BCUT2D eigenvalue weighted by Crippen LogP contribution is -2.51. The third-order valence-electron chi connectivity index (χ3n) is 5.32. The summed E-state index contributed by atoms with van der Waals surface area (Å²) in [6.07, 6.45) is 1.74. The zero-order valence-electron chi connectivity index (χ0n) is 20.6. The molecule has 11 heteroatoms. The highest BCUT2D eigenvalue weighted by Gasteiger charge is 2.31. The summed E-state index contributed by atoms with van der Waals surface area (Å²) in [4.78, 5) is 27.6. The number of halogens is 1. The molecular weight excluding hydrogens is 494 g/mol. The summed E-state index contributed by atoms with van der Waals surface area (Å²) in [5, 5.41) is 3.33. The SMILES string of the molecule is CCCNC(=O)C(C)N(Cc1ccc(Cl)cc1)C(=O)CN(c1ccc(OC)cc1OC)S(C)(=O)=O. The van der Waals surface area contributed by atoms with E-state index in [4.69, 9.17) is 21.1 Å². The molecule has 0 aromatic heterocycles. The smallest absolute Gasteiger partial charge is 0.244 e. The molecule has 0 spiro atoms. The number of rotatable bonds is 12. The minimum atomic E-state index is -3.89. The van der Waals surface area contributed by atoms with Crippen molar-refractivity contribution in [3.05, 3.63) is 53.1 Å². The van der Waals surface area contributed by atoms with Crippen molar-refractivity contribution in [1.82, 2.24) is 10.2 Å². The van der Waals surface area contributed by atoms with Gasteiger partial charge in [-0.05, 0) is 43.2 Å². The number of nitrogens with zero attached hydrogens (tertiary/aromatic N) is 2. The summed E-state index contributed by atoms with van der Waals surface area (Å²) in [5.41, 5.74) is 0.921. The number of hydrogen-bond acceptors (Lipinski definition) is 6. The van der Waals surface area contributed by atoms with Crippen LogP contribution in [0.25, 0.3) is 0 Å². The van der Waals surface area contributed by atoms with Crippen molar-refractivity contribution in [2.45, 2.75) is 32.9 Å². The Morgan fingerprint density at radius 3 is 2.29 bits per heavy atom. The Hall–Kier alpha value is -2.98. The van der Waals surface area contributed by atoms with Gasteiger partial charge < -0.3 is 19.7 Å². The second kappa shape index (κ2) is 12.6. The molecule has 0 fully saturated rings. The number of nitrogens with one attached hydrogen (secondary N) is 1. The van der Waals surface area contributed by atoms with Crippen molar-refractivity contribution < 1.29 is 27.5 Å². The molecule has 2 aromatic rings. The Balaban J connectivity index is 2.43. The molecule has 0 aliphatic heterocycles. The van der Waals surface area contributed by atoms with Gasteiger partial charge in [0.15, 0.2) is 0 Å². The maximum absolute atomic E-state index is 13.5. The van der Waals surface area contributed by atoms with E-state index in [1.807, 2.05) is 6.92 Å². The molecule has 1 atom stereocenters. The minimum Gasteiger partial charge on any atom is -0.497 e. The van der Waals surface area contributed by atoms with Crippen LogP contribution in [-0.4, -0.2) is 64.7 Å². The van der Waals surface area contributed by atoms with Crippen molar-refractivity contribution >= 4 is 39.1 Å². The standard InChI is InChI=1S/C24H32ClN3O6S/c1-6-13-26-24(30)17(2)27(15-18-7-9-19(25)10-8-18)23(29)16-28(35(5,31)32)21-12-11-20(33-3)14-22(21)34-4/h7-12,14,17H,6,13,15-16H2,1-5H3,(H,26,30). The molecule has 0 saturated carbocycles. The Morgan fingerprint density at radius 1 is 1.09 bits per heavy atom. The molecule has 192 valence electrons. The van der Waals surface area contributed by atoms with Gasteiger partial charge in [-0.1, -0.05) is 30.7 Å². The van der Waals surface area contributed by atoms with Gasteiger partial charge in [-0.25, -0.2) is 8.42 Å². The molecule has 2 rings (SSSR count). The second-order valence-corrected chi connectivity index (χ2v) is 10.3. The van der Waals surface area contributed by atoms with Crippen LogP contribution in [0.2, 0.25) is 5.02 Å². The predicted molar refractivity (Wildman–Crippen MR) is 137 cm³/mol. The summed E-state index contributed by atoms with van der Waals surface area (Å²) in [7, 11) is -1.02. The van der Waals surface area contributed by atoms with Crippen LogP contribution in [0.3, 0.4) is 0 Å². The first-order chi connectivity index (χ1) is 16.5. The van der Waals surface area contributed by atoms with Crippen LogP contribution in [0.4, 0.5) is 5.69 Å². The van der Waals surface area contributed by atoms with E-state index < -0.39 is 28.5 Å². The first kappa shape index (κ1) is 28.3. The molecule has 0 aliphatic carbocycles. The van der Waals surface area contributed by atoms with Gasteiger partial charge in [0.1, 0.15) is 24.1 Å². The number of methoxy groups -OCH3 is 2. The van der Waals surface area contributed by atoms with Crippen LogP contribution in [0, 0.1) is 0 Å². The Labute approximate surface area is 212 Å². The quantitative estimate of drug-likeness (QED) is 0.456. The first-order valence-electron chi connectivity index (χ1n) is 11.0. The summed E-state index contributed by atoms with van der Waals surface area (Å²) >= 11 is 5.98. The molecular formula is C24H32ClN3O6S. The van der Waals surface area contributed by atoms with Crippen LogP contribution in [0.5, 0.6) is 11.5 Å². The molecule has 1 unspecified atom stereocenters. The highest BCUT2D eigenvalue weighted by Crippen LogP contribution is 2.33. The topological polar surface area (TPSA) is 105 Å². The van der Waals surface area contributed by atoms with Crippen LogP contribution >= 0.6 is 11.6 Å². The lowest BCUT2D eigenvalue weighted by Gasteiger charge is -2.32. The molecule has 2 amide bonds. The summed E-state index contributed by atoms with van der Waals surface area (Å²) in [5.74, 6) is -0.194. The van der Waals surface area contributed by atoms with Crippen molar-refractivity contribution in [2.75, 3.05) is 37.9 Å². The molecule has 1 N–H and O–H groups in total. The van der Waals surface area contributed by atoms with Gasteiger partial charge in [-0.3, -0.25) is 13.9 Å². The van der Waals surface area contributed by atoms with Gasteiger partial charge >= 0.3 is 0 Å². The second-order valence-electron chi connectivity index (χ2n) is 7.92. The monoisotopic (exact) mass is 525 g/mol. The van der Waals surface area contributed by atoms with Crippen LogP contribution in [0.1, 0.15) is 25.8 Å². The fourth-order valence-electron chi connectivity index (χ4n) is 3.35. The van der Waals surface area contributed by atoms with E-state index in [9.17, 15) is 18.0 Å². The average molecular weight is 526 g/mol. The third kappa shape index (κ3) is 7.76. The van der Waals surface area contributed by atoms with Gasteiger partial charge in [0.25, 0.3) is 0 Å². The molecule has 35 heavy (non-hydrogen) atoms. The zero-order chi connectivity index (χ0) is 26.2. The minimum absolute atomic E-state index is 0.0913. The summed E-state index contributed by atoms with van der Waals surface area (Å²) in [6.45, 7) is 3.56. The molecule has 0 bridgehead atoms. The average Bonchev–Trinajstić information content (AvgIpc) is 2.83. The highest BCUT2D eigenvalue weighted by molar-refractivity contribution is 7.92. The lowest BCUT2D eigenvalue weighted by molar-refractivity contribution is -0.139. The molecule has 0 heterocycles. The van der Waals surface area contributed by atoms with Crippen LogP contribution < -0.4 is 19.1 Å². The largest absolute Gasteiger partial charge is 0.497 e. The van der Waals surface area contributed by atoms with Crippen molar-refractivity contribution in [3.63, 3.8) is 0 Å². The maximum Gasteiger partial charge on any atom is 0.244 e. The number of benzene rings is 2. The van der Waals surface area contributed by atoms with E-state index in [1.54, 1.807) is 37.3 Å². The molecule has 9 nitrogen and oxygen atoms in total. The fraction of sp³-hybridized carbons (Fsp3) is 0.417. The molecule has 0 saturated heterocycles. The van der Waals surface area contributed by atoms with E-state index in [0.29, 0.717) is 17.3 Å². The van der Waals surface area contributed by atoms with Crippen molar-refractivity contribution in [3.8, 4) is 11.5 Å². The number of hydrogen-bond donors (Lipinski definition) is 1. The predicted octanol–water partition coefficient (Wildman–Crippen LogP) is 3.07. The number of anilines is 1. The lowest BCUT2D eigenvalue weighted by atomic mass is 10.1. The van der Waals surface area contributed by atoms with E-state index in [0.717, 1.165) is 22.5 Å². The van der Waals surface area contributed by atoms with E-state index in [-0.39, 0.29) is 23.9 Å². The molecule has 2 aromatic carbocycles. The van der Waals surface area contributed by atoms with Gasteiger partial charge in [0.05, 0.1) is 26.2 Å². The number of sulfonamides is 1. The van der Waals surface area contributed by atoms with E-state index in [2.05, 4.69) is 5.32 Å². The van der Waals surface area contributed by atoms with Gasteiger partial charge in [0.2, 0.25) is 21.8 Å². The van der Waals surface area contributed by atoms with Gasteiger partial charge in [0, 0.05) is 24.2 Å². The number of carbonyl (C=O) groups is 2. The molecule has 0 aliphatic rings. The summed E-state index contributed by atoms with van der Waals surface area (Å²) in [6, 6.07) is 10.6. The maximum atomic E-state index is 13.5. The van der Waals surface area contributed by atoms with E-state index >= 15 is 0 Å². The number of ether oxygens (including phenoxy) is 2. The normalized spacial score (nSPS) is 11.9. The Morgan fingerprint density at radius 2 is 1.74 bits per heavy atom. The van der Waals surface area contributed by atoms with Crippen molar-refractivity contribution in [1.29, 1.82) is 0 Å². The zero-order valence-corrected chi connectivity index (χ0v) is 22.1. The van der Waals surface area contributed by atoms with E-state index in [1.165, 1.54) is 31.3 Å². The highest BCUT2D eigenvalue weighted by atomic mass is 35.5. The fourth-order valence-corrected chi connectivity index (χ4v) is 4.33. The van der Waals surface area contributed by atoms with Gasteiger partial charge in [-0.15, -0.1) is 0 Å². The Kier molecular flexibility index (Phi) is 10.2. The number of carbonyl (C=O) groups excluding carboxylic acids is 2. The van der Waals surface area contributed by atoms with Gasteiger partial charge in [-0.2, -0.15) is 0 Å². The Bertz CT molecular complexity index is 1120. The van der Waals surface area contributed by atoms with Crippen LogP contribution in [0.15, 0.2) is 42.5 Å².